The Morgan fingerprint density at radius 1 is 1.03 bits per heavy atom. The van der Waals surface area contributed by atoms with Gasteiger partial charge in [-0.2, -0.15) is 0 Å². The van der Waals surface area contributed by atoms with Crippen LogP contribution in [0.2, 0.25) is 0 Å². The summed E-state index contributed by atoms with van der Waals surface area (Å²) >= 11 is 0. The molecule has 1 saturated heterocycles. The number of carbonyl (C=O) groups is 4. The smallest absolute Gasteiger partial charge is 0.317 e. The van der Waals surface area contributed by atoms with Gasteiger partial charge in [-0.3, -0.25) is 14.4 Å². The van der Waals surface area contributed by atoms with Crippen LogP contribution in [0.5, 0.6) is 0 Å². The lowest BCUT2D eigenvalue weighted by Crippen LogP contribution is -2.61. The van der Waals surface area contributed by atoms with E-state index in [0.29, 0.717) is 19.6 Å². The molecule has 9 nitrogen and oxygen atoms in total. The first kappa shape index (κ1) is 25.7. The van der Waals surface area contributed by atoms with Gasteiger partial charge in [0, 0.05) is 38.1 Å². The van der Waals surface area contributed by atoms with Crippen LogP contribution in [0.15, 0.2) is 0 Å². The van der Waals surface area contributed by atoms with Crippen molar-refractivity contribution in [3.05, 3.63) is 0 Å². The molecule has 1 aliphatic heterocycles. The zero-order valence-corrected chi connectivity index (χ0v) is 19.2. The van der Waals surface area contributed by atoms with Crippen LogP contribution in [0.25, 0.3) is 0 Å². The number of piperazine rings is 1. The van der Waals surface area contributed by atoms with Gasteiger partial charge in [-0.1, -0.05) is 20.3 Å². The topological polar surface area (TPSA) is 108 Å². The fraction of sp³-hybridized carbons (Fsp3) is 0.810. The Labute approximate surface area is 179 Å². The van der Waals surface area contributed by atoms with Crippen LogP contribution >= 0.6 is 0 Å². The van der Waals surface area contributed by atoms with Crippen molar-refractivity contribution in [2.24, 2.45) is 5.92 Å². The quantitative estimate of drug-likeness (QED) is 0.544. The Kier molecular flexibility index (Phi) is 10.6. The van der Waals surface area contributed by atoms with Gasteiger partial charge in [0.25, 0.3) is 0 Å². The Balaban J connectivity index is 2.72. The molecule has 0 aliphatic carbocycles. The number of nitrogens with zero attached hydrogens (tertiary/aromatic N) is 2. The molecule has 0 spiro atoms. The lowest BCUT2D eigenvalue weighted by molar-refractivity contribution is -0.144. The van der Waals surface area contributed by atoms with Gasteiger partial charge in [-0.15, -0.1) is 0 Å². The first-order chi connectivity index (χ1) is 14.1. The molecule has 9 heteroatoms. The number of rotatable bonds is 9. The minimum absolute atomic E-state index is 0.0121. The highest BCUT2D eigenvalue weighted by atomic mass is 16.5. The summed E-state index contributed by atoms with van der Waals surface area (Å²) in [5, 5.41) is 5.69. The van der Waals surface area contributed by atoms with E-state index < -0.39 is 12.0 Å². The Morgan fingerprint density at radius 3 is 2.23 bits per heavy atom. The van der Waals surface area contributed by atoms with Crippen molar-refractivity contribution in [1.29, 1.82) is 0 Å². The molecule has 3 atom stereocenters. The molecule has 0 radical (unpaired) electrons. The lowest BCUT2D eigenvalue weighted by atomic mass is 9.96. The standard InChI is InChI=1S/C21H38N4O5/c1-7-15(5)19(23-17(26)9-10-18(27)30-8-2)20(28)24-11-12-25(16(6)13-24)21(29)22-14(3)4/h14-16,19H,7-13H2,1-6H3,(H,22,29)(H,23,26). The number of urea groups is 1. The zero-order chi connectivity index (χ0) is 22.8. The second-order valence-electron chi connectivity index (χ2n) is 8.17. The zero-order valence-electron chi connectivity index (χ0n) is 19.2. The molecule has 30 heavy (non-hydrogen) atoms. The molecular formula is C21H38N4O5. The lowest BCUT2D eigenvalue weighted by Gasteiger charge is -2.41. The number of carbonyl (C=O) groups excluding carboxylic acids is 4. The summed E-state index contributed by atoms with van der Waals surface area (Å²) in [6.45, 7) is 12.9. The van der Waals surface area contributed by atoms with E-state index in [1.54, 1.807) is 16.7 Å². The first-order valence-corrected chi connectivity index (χ1v) is 10.9. The molecule has 172 valence electrons. The van der Waals surface area contributed by atoms with E-state index in [2.05, 4.69) is 10.6 Å². The van der Waals surface area contributed by atoms with Crippen molar-refractivity contribution in [2.45, 2.75) is 78.9 Å². The molecule has 2 N–H and O–H groups in total. The molecule has 0 bridgehead atoms. The van der Waals surface area contributed by atoms with Gasteiger partial charge in [-0.05, 0) is 33.6 Å². The minimum atomic E-state index is -0.659. The van der Waals surface area contributed by atoms with Crippen molar-refractivity contribution >= 4 is 23.8 Å². The molecule has 1 aliphatic rings. The Morgan fingerprint density at radius 2 is 1.70 bits per heavy atom. The van der Waals surface area contributed by atoms with Crippen molar-refractivity contribution in [3.8, 4) is 0 Å². The second kappa shape index (κ2) is 12.4. The molecule has 0 aromatic carbocycles. The van der Waals surface area contributed by atoms with E-state index >= 15 is 0 Å². The van der Waals surface area contributed by atoms with Crippen LogP contribution in [0.1, 0.15) is 60.8 Å². The summed E-state index contributed by atoms with van der Waals surface area (Å²) in [5.41, 5.74) is 0. The highest BCUT2D eigenvalue weighted by molar-refractivity contribution is 5.89. The van der Waals surface area contributed by atoms with E-state index in [0.717, 1.165) is 6.42 Å². The van der Waals surface area contributed by atoms with Crippen LogP contribution < -0.4 is 10.6 Å². The average Bonchev–Trinajstić information content (AvgIpc) is 2.68. The van der Waals surface area contributed by atoms with Gasteiger partial charge in [-0.25, -0.2) is 4.79 Å². The number of hydrogen-bond donors (Lipinski definition) is 2. The van der Waals surface area contributed by atoms with Crippen LogP contribution in [-0.4, -0.2) is 78.0 Å². The van der Waals surface area contributed by atoms with Gasteiger partial charge in [0.2, 0.25) is 11.8 Å². The van der Waals surface area contributed by atoms with Crippen molar-refractivity contribution in [1.82, 2.24) is 20.4 Å². The summed E-state index contributed by atoms with van der Waals surface area (Å²) in [6, 6.07) is -0.870. The number of nitrogens with one attached hydrogen (secondary N) is 2. The number of hydrogen-bond acceptors (Lipinski definition) is 5. The van der Waals surface area contributed by atoms with E-state index in [9.17, 15) is 19.2 Å². The van der Waals surface area contributed by atoms with Gasteiger partial charge in [0.1, 0.15) is 6.04 Å². The highest BCUT2D eigenvalue weighted by Gasteiger charge is 2.35. The maximum absolute atomic E-state index is 13.2. The van der Waals surface area contributed by atoms with Crippen molar-refractivity contribution in [2.75, 3.05) is 26.2 Å². The van der Waals surface area contributed by atoms with Gasteiger partial charge in [0.15, 0.2) is 0 Å². The Bertz CT molecular complexity index is 610. The number of esters is 1. The molecular weight excluding hydrogens is 388 g/mol. The third-order valence-corrected chi connectivity index (χ3v) is 5.27. The molecule has 0 aromatic heterocycles. The summed E-state index contributed by atoms with van der Waals surface area (Å²) in [5.74, 6) is -0.973. The molecule has 1 rings (SSSR count). The minimum Gasteiger partial charge on any atom is -0.466 e. The maximum atomic E-state index is 13.2. The summed E-state index contributed by atoms with van der Waals surface area (Å²) in [7, 11) is 0. The molecule has 0 saturated carbocycles. The third-order valence-electron chi connectivity index (χ3n) is 5.27. The van der Waals surface area contributed by atoms with Crippen molar-refractivity contribution in [3.63, 3.8) is 0 Å². The predicted octanol–water partition coefficient (Wildman–Crippen LogP) is 1.51. The van der Waals surface area contributed by atoms with E-state index in [1.807, 2.05) is 34.6 Å². The molecule has 1 fully saturated rings. The average molecular weight is 427 g/mol. The molecule has 0 aromatic rings. The largest absolute Gasteiger partial charge is 0.466 e. The SMILES string of the molecule is CCOC(=O)CCC(=O)NC(C(=O)N1CCN(C(=O)NC(C)C)C(C)C1)C(C)CC. The maximum Gasteiger partial charge on any atom is 0.317 e. The van der Waals surface area contributed by atoms with E-state index in [4.69, 9.17) is 4.74 Å². The van der Waals surface area contributed by atoms with Crippen LogP contribution in [0.3, 0.4) is 0 Å². The van der Waals surface area contributed by atoms with Crippen LogP contribution in [-0.2, 0) is 19.1 Å². The first-order valence-electron chi connectivity index (χ1n) is 10.9. The van der Waals surface area contributed by atoms with E-state index in [-0.39, 0.29) is 55.3 Å². The third kappa shape index (κ3) is 7.84. The normalized spacial score (nSPS) is 18.6. The summed E-state index contributed by atoms with van der Waals surface area (Å²) in [6.07, 6.45) is 0.696. The highest BCUT2D eigenvalue weighted by Crippen LogP contribution is 2.16. The number of ether oxygens (including phenoxy) is 1. The second-order valence-corrected chi connectivity index (χ2v) is 8.17. The van der Waals surface area contributed by atoms with Crippen LogP contribution in [0, 0.1) is 5.92 Å². The fourth-order valence-corrected chi connectivity index (χ4v) is 3.36. The fourth-order valence-electron chi connectivity index (χ4n) is 3.36. The monoisotopic (exact) mass is 426 g/mol. The van der Waals surface area contributed by atoms with Gasteiger partial charge >= 0.3 is 12.0 Å². The van der Waals surface area contributed by atoms with Gasteiger partial charge < -0.3 is 25.2 Å². The Hall–Kier alpha value is -2.32. The molecule has 4 amide bonds. The number of amides is 4. The summed E-state index contributed by atoms with van der Waals surface area (Å²) < 4.78 is 4.84. The van der Waals surface area contributed by atoms with Gasteiger partial charge in [0.05, 0.1) is 13.0 Å². The molecule has 3 unspecified atom stereocenters. The molecule has 1 heterocycles. The summed E-state index contributed by atoms with van der Waals surface area (Å²) in [4.78, 5) is 52.8. The van der Waals surface area contributed by atoms with Crippen LogP contribution in [0.4, 0.5) is 4.79 Å². The predicted molar refractivity (Wildman–Crippen MR) is 114 cm³/mol. The van der Waals surface area contributed by atoms with Crippen molar-refractivity contribution < 1.29 is 23.9 Å². The van der Waals surface area contributed by atoms with E-state index in [1.165, 1.54) is 0 Å².